The van der Waals surface area contributed by atoms with Gasteiger partial charge in [0.2, 0.25) is 0 Å². The van der Waals surface area contributed by atoms with Crippen LogP contribution in [0.15, 0.2) is 18.3 Å². The third kappa shape index (κ3) is 3.34. The van der Waals surface area contributed by atoms with Crippen molar-refractivity contribution in [3.8, 4) is 0 Å². The third-order valence-electron chi connectivity index (χ3n) is 2.44. The van der Waals surface area contributed by atoms with Crippen LogP contribution in [0.4, 0.5) is 10.8 Å². The normalized spacial score (nSPS) is 10.2. The smallest absolute Gasteiger partial charge is 0.340 e. The van der Waals surface area contributed by atoms with Crippen molar-refractivity contribution < 1.29 is 9.53 Å². The van der Waals surface area contributed by atoms with Crippen LogP contribution in [0.25, 0.3) is 0 Å². The van der Waals surface area contributed by atoms with Crippen LogP contribution in [0.5, 0.6) is 0 Å². The number of aromatic nitrogens is 2. The number of hydrogen-bond donors (Lipinski definition) is 2. The summed E-state index contributed by atoms with van der Waals surface area (Å²) in [6.45, 7) is 1.91. The zero-order valence-electron chi connectivity index (χ0n) is 11.3. The van der Waals surface area contributed by atoms with Crippen molar-refractivity contribution in [1.82, 2.24) is 9.78 Å². The lowest BCUT2D eigenvalue weighted by molar-refractivity contribution is 0.0602. The number of thiophene rings is 1. The SMILES string of the molecule is COC(=O)c1cc(C)sc1NC(=S)Nc1ccn(C)n1. The molecule has 2 aromatic rings. The Labute approximate surface area is 125 Å². The second-order valence-electron chi connectivity index (χ2n) is 4.05. The standard InChI is InChI=1S/C12H14N4O2S2/c1-7-6-8(11(17)18-3)10(20-7)14-12(19)13-9-4-5-16(2)15-9/h4-6H,1-3H3,(H2,13,14,15,19). The largest absolute Gasteiger partial charge is 0.465 e. The summed E-state index contributed by atoms with van der Waals surface area (Å²) >= 11 is 6.64. The van der Waals surface area contributed by atoms with E-state index in [9.17, 15) is 4.79 Å². The van der Waals surface area contributed by atoms with E-state index in [4.69, 9.17) is 17.0 Å². The van der Waals surface area contributed by atoms with E-state index in [1.54, 1.807) is 23.0 Å². The number of nitrogens with one attached hydrogen (secondary N) is 2. The number of carbonyl (C=O) groups is 1. The van der Waals surface area contributed by atoms with Gasteiger partial charge in [0.1, 0.15) is 5.00 Å². The van der Waals surface area contributed by atoms with E-state index in [1.165, 1.54) is 18.4 Å². The highest BCUT2D eigenvalue weighted by Gasteiger charge is 2.16. The first-order valence-electron chi connectivity index (χ1n) is 5.76. The van der Waals surface area contributed by atoms with Gasteiger partial charge >= 0.3 is 5.97 Å². The predicted molar refractivity (Wildman–Crippen MR) is 83.4 cm³/mol. The molecule has 0 saturated carbocycles. The second-order valence-corrected chi connectivity index (χ2v) is 5.71. The van der Waals surface area contributed by atoms with Gasteiger partial charge in [0.05, 0.1) is 12.7 Å². The summed E-state index contributed by atoms with van der Waals surface area (Å²) in [7, 11) is 3.17. The zero-order valence-corrected chi connectivity index (χ0v) is 12.9. The fourth-order valence-corrected chi connectivity index (χ4v) is 2.78. The van der Waals surface area contributed by atoms with Crippen LogP contribution in [0.2, 0.25) is 0 Å². The maximum atomic E-state index is 11.7. The van der Waals surface area contributed by atoms with E-state index in [0.29, 0.717) is 21.5 Å². The van der Waals surface area contributed by atoms with Crippen LogP contribution in [0.3, 0.4) is 0 Å². The van der Waals surface area contributed by atoms with E-state index in [2.05, 4.69) is 15.7 Å². The Balaban J connectivity index is 2.09. The van der Waals surface area contributed by atoms with Crippen LogP contribution >= 0.6 is 23.6 Å². The third-order valence-corrected chi connectivity index (χ3v) is 3.61. The Morgan fingerprint density at radius 2 is 2.25 bits per heavy atom. The van der Waals surface area contributed by atoms with Crippen molar-refractivity contribution in [2.24, 2.45) is 7.05 Å². The number of aryl methyl sites for hydroxylation is 2. The van der Waals surface area contributed by atoms with Gasteiger partial charge in [-0.05, 0) is 25.2 Å². The van der Waals surface area contributed by atoms with Crippen LogP contribution < -0.4 is 10.6 Å². The molecule has 0 radical (unpaired) electrons. The van der Waals surface area contributed by atoms with Gasteiger partial charge in [0.25, 0.3) is 0 Å². The Bertz CT molecular complexity index is 648. The molecule has 0 unspecified atom stereocenters. The van der Waals surface area contributed by atoms with E-state index in [1.807, 2.05) is 14.0 Å². The lowest BCUT2D eigenvalue weighted by Gasteiger charge is -2.08. The quantitative estimate of drug-likeness (QED) is 0.670. The van der Waals surface area contributed by atoms with Gasteiger partial charge < -0.3 is 15.4 Å². The Kier molecular flexibility index (Phi) is 4.35. The van der Waals surface area contributed by atoms with Gasteiger partial charge in [-0.3, -0.25) is 4.68 Å². The number of rotatable bonds is 3. The number of esters is 1. The molecule has 2 rings (SSSR count). The summed E-state index contributed by atoms with van der Waals surface area (Å²) in [4.78, 5) is 12.6. The maximum Gasteiger partial charge on any atom is 0.340 e. The van der Waals surface area contributed by atoms with E-state index >= 15 is 0 Å². The summed E-state index contributed by atoms with van der Waals surface area (Å²) in [6, 6.07) is 3.57. The molecule has 20 heavy (non-hydrogen) atoms. The minimum Gasteiger partial charge on any atom is -0.465 e. The Morgan fingerprint density at radius 1 is 1.50 bits per heavy atom. The van der Waals surface area contributed by atoms with Crippen molar-refractivity contribution in [2.75, 3.05) is 17.7 Å². The lowest BCUT2D eigenvalue weighted by atomic mass is 10.3. The van der Waals surface area contributed by atoms with Crippen LogP contribution in [-0.2, 0) is 11.8 Å². The van der Waals surface area contributed by atoms with Crippen molar-refractivity contribution in [2.45, 2.75) is 6.92 Å². The maximum absolute atomic E-state index is 11.7. The predicted octanol–water partition coefficient (Wildman–Crippen LogP) is 2.39. The number of thiocarbonyl (C=S) groups is 1. The molecule has 0 saturated heterocycles. The molecule has 2 heterocycles. The van der Waals surface area contributed by atoms with Crippen molar-refractivity contribution in [3.63, 3.8) is 0 Å². The number of ether oxygens (including phenoxy) is 1. The minimum absolute atomic E-state index is 0.371. The van der Waals surface area contributed by atoms with Crippen LogP contribution in [0.1, 0.15) is 15.2 Å². The number of nitrogens with zero attached hydrogens (tertiary/aromatic N) is 2. The Morgan fingerprint density at radius 3 is 2.85 bits per heavy atom. The first-order chi connectivity index (χ1) is 9.49. The zero-order chi connectivity index (χ0) is 14.7. The van der Waals surface area contributed by atoms with E-state index in [0.717, 1.165) is 4.88 Å². The summed E-state index contributed by atoms with van der Waals surface area (Å²) < 4.78 is 6.41. The molecule has 0 fully saturated rings. The highest BCUT2D eigenvalue weighted by atomic mass is 32.1. The van der Waals surface area contributed by atoms with Crippen LogP contribution in [-0.4, -0.2) is 28.0 Å². The van der Waals surface area contributed by atoms with Crippen LogP contribution in [0, 0.1) is 6.92 Å². The fourth-order valence-electron chi connectivity index (χ4n) is 1.60. The molecule has 8 heteroatoms. The molecule has 6 nitrogen and oxygen atoms in total. The van der Waals surface area contributed by atoms with Gasteiger partial charge in [-0.2, -0.15) is 5.10 Å². The highest BCUT2D eigenvalue weighted by molar-refractivity contribution is 7.80. The molecule has 0 aliphatic rings. The molecule has 0 atom stereocenters. The van der Waals surface area contributed by atoms with E-state index in [-0.39, 0.29) is 0 Å². The summed E-state index contributed by atoms with van der Waals surface area (Å²) in [5, 5.41) is 11.1. The van der Waals surface area contributed by atoms with Gasteiger partial charge in [-0.15, -0.1) is 11.3 Å². The summed E-state index contributed by atoms with van der Waals surface area (Å²) in [5.74, 6) is 0.246. The van der Waals surface area contributed by atoms with Crippen molar-refractivity contribution >= 4 is 45.5 Å². The summed E-state index contributed by atoms with van der Waals surface area (Å²) in [5.41, 5.74) is 0.472. The van der Waals surface area contributed by atoms with Crippen molar-refractivity contribution in [3.05, 3.63) is 28.8 Å². The highest BCUT2D eigenvalue weighted by Crippen LogP contribution is 2.28. The van der Waals surface area contributed by atoms with Gasteiger partial charge in [-0.25, -0.2) is 4.79 Å². The average molecular weight is 310 g/mol. The number of carbonyl (C=O) groups excluding carboxylic acids is 1. The summed E-state index contributed by atoms with van der Waals surface area (Å²) in [6.07, 6.45) is 1.81. The molecule has 2 aromatic heterocycles. The first-order valence-corrected chi connectivity index (χ1v) is 6.98. The molecule has 0 aromatic carbocycles. The molecular weight excluding hydrogens is 296 g/mol. The number of hydrogen-bond acceptors (Lipinski definition) is 5. The molecule has 106 valence electrons. The number of anilines is 2. The Hall–Kier alpha value is -1.93. The fraction of sp³-hybridized carbons (Fsp3) is 0.250. The molecule has 0 spiro atoms. The topological polar surface area (TPSA) is 68.2 Å². The van der Waals surface area contributed by atoms with Crippen molar-refractivity contribution in [1.29, 1.82) is 0 Å². The number of methoxy groups -OCH3 is 1. The minimum atomic E-state index is -0.391. The first kappa shape index (κ1) is 14.5. The second kappa shape index (κ2) is 6.02. The monoisotopic (exact) mass is 310 g/mol. The molecular formula is C12H14N4O2S2. The average Bonchev–Trinajstić information content (AvgIpc) is 2.94. The molecule has 0 amide bonds. The lowest BCUT2D eigenvalue weighted by Crippen LogP contribution is -2.20. The molecule has 0 aliphatic carbocycles. The van der Waals surface area contributed by atoms with Gasteiger partial charge in [0.15, 0.2) is 10.9 Å². The molecule has 2 N–H and O–H groups in total. The molecule has 0 bridgehead atoms. The van der Waals surface area contributed by atoms with Gasteiger partial charge in [-0.1, -0.05) is 0 Å². The van der Waals surface area contributed by atoms with E-state index < -0.39 is 5.97 Å². The van der Waals surface area contributed by atoms with Gasteiger partial charge in [0, 0.05) is 24.2 Å². The molecule has 0 aliphatic heterocycles.